The van der Waals surface area contributed by atoms with Gasteiger partial charge in [-0.25, -0.2) is 9.97 Å². The minimum absolute atomic E-state index is 0.000304. The number of para-hydroxylation sites is 2. The average Bonchev–Trinajstić information content (AvgIpc) is 2.43. The molecule has 0 bridgehead atoms. The zero-order valence-corrected chi connectivity index (χ0v) is 9.87. The van der Waals surface area contributed by atoms with E-state index in [2.05, 4.69) is 14.7 Å². The van der Waals surface area contributed by atoms with Crippen molar-refractivity contribution in [1.82, 2.24) is 9.97 Å². The Hall–Kier alpha value is -2.21. The maximum atomic E-state index is 11.1. The molecule has 2 N–H and O–H groups in total. The zero-order chi connectivity index (χ0) is 13.0. The van der Waals surface area contributed by atoms with Crippen LogP contribution in [-0.2, 0) is 9.53 Å². The molecule has 0 saturated heterocycles. The van der Waals surface area contributed by atoms with Crippen molar-refractivity contribution in [2.24, 2.45) is 5.73 Å². The summed E-state index contributed by atoms with van der Waals surface area (Å²) in [7, 11) is 1.28. The monoisotopic (exact) mass is 247 g/mol. The van der Waals surface area contributed by atoms with Crippen LogP contribution < -0.4 is 10.5 Å². The fourth-order valence-corrected chi connectivity index (χ4v) is 1.40. The molecule has 1 unspecified atom stereocenters. The van der Waals surface area contributed by atoms with E-state index >= 15 is 0 Å². The van der Waals surface area contributed by atoms with Crippen LogP contribution in [0.2, 0.25) is 0 Å². The molecule has 1 heterocycles. The first-order chi connectivity index (χ1) is 8.70. The number of ether oxygens (including phenoxy) is 2. The van der Waals surface area contributed by atoms with Crippen LogP contribution in [0.1, 0.15) is 0 Å². The van der Waals surface area contributed by atoms with E-state index in [4.69, 9.17) is 10.5 Å². The largest absolute Gasteiger partial charge is 0.474 e. The Balaban J connectivity index is 2.06. The number of aromatic nitrogens is 2. The molecule has 0 amide bonds. The van der Waals surface area contributed by atoms with Crippen LogP contribution in [0, 0.1) is 0 Å². The van der Waals surface area contributed by atoms with Gasteiger partial charge in [-0.05, 0) is 12.1 Å². The Morgan fingerprint density at radius 2 is 2.11 bits per heavy atom. The lowest BCUT2D eigenvalue weighted by molar-refractivity contribution is -0.142. The highest BCUT2D eigenvalue weighted by Crippen LogP contribution is 2.12. The summed E-state index contributed by atoms with van der Waals surface area (Å²) >= 11 is 0. The van der Waals surface area contributed by atoms with Gasteiger partial charge in [0.25, 0.3) is 0 Å². The summed E-state index contributed by atoms with van der Waals surface area (Å²) in [4.78, 5) is 19.5. The van der Waals surface area contributed by atoms with E-state index in [-0.39, 0.29) is 6.61 Å². The molecule has 1 aromatic carbocycles. The Bertz CT molecular complexity index is 559. The molecule has 2 aromatic rings. The van der Waals surface area contributed by atoms with Crippen LogP contribution in [0.3, 0.4) is 0 Å². The van der Waals surface area contributed by atoms with E-state index in [9.17, 15) is 4.79 Å². The number of carbonyl (C=O) groups is 1. The fraction of sp³-hybridized carbons (Fsp3) is 0.250. The molecule has 0 saturated carbocycles. The third-order valence-corrected chi connectivity index (χ3v) is 2.34. The molecule has 0 aliphatic heterocycles. The predicted molar refractivity (Wildman–Crippen MR) is 65.0 cm³/mol. The Labute approximate surface area is 104 Å². The molecular formula is C12H13N3O3. The summed E-state index contributed by atoms with van der Waals surface area (Å²) in [5, 5.41) is 0. The molecule has 1 atom stereocenters. The number of hydrogen-bond acceptors (Lipinski definition) is 6. The van der Waals surface area contributed by atoms with Gasteiger partial charge in [0.15, 0.2) is 0 Å². The normalized spacial score (nSPS) is 12.1. The van der Waals surface area contributed by atoms with Crippen molar-refractivity contribution in [1.29, 1.82) is 0 Å². The van der Waals surface area contributed by atoms with E-state index in [0.717, 1.165) is 11.0 Å². The van der Waals surface area contributed by atoms with E-state index in [1.54, 1.807) is 0 Å². The highest BCUT2D eigenvalue weighted by atomic mass is 16.5. The van der Waals surface area contributed by atoms with Crippen LogP contribution in [-0.4, -0.2) is 35.7 Å². The quantitative estimate of drug-likeness (QED) is 0.792. The topological polar surface area (TPSA) is 87.3 Å². The van der Waals surface area contributed by atoms with Crippen molar-refractivity contribution in [2.75, 3.05) is 13.7 Å². The number of carbonyl (C=O) groups excluding carboxylic acids is 1. The van der Waals surface area contributed by atoms with Gasteiger partial charge in [-0.3, -0.25) is 4.79 Å². The highest BCUT2D eigenvalue weighted by Gasteiger charge is 2.14. The second kappa shape index (κ2) is 5.42. The van der Waals surface area contributed by atoms with Crippen LogP contribution in [0.5, 0.6) is 5.88 Å². The minimum Gasteiger partial charge on any atom is -0.474 e. The number of nitrogens with zero attached hydrogens (tertiary/aromatic N) is 2. The number of fused-ring (bicyclic) bond motifs is 1. The lowest BCUT2D eigenvalue weighted by atomic mass is 10.3. The molecule has 0 aliphatic carbocycles. The lowest BCUT2D eigenvalue weighted by Crippen LogP contribution is -2.37. The second-order valence-electron chi connectivity index (χ2n) is 3.64. The van der Waals surface area contributed by atoms with Gasteiger partial charge in [0, 0.05) is 0 Å². The Kier molecular flexibility index (Phi) is 3.69. The first-order valence-corrected chi connectivity index (χ1v) is 5.38. The SMILES string of the molecule is COC(=O)C(N)COc1cnc2ccccc2n1. The molecule has 18 heavy (non-hydrogen) atoms. The molecule has 0 fully saturated rings. The standard InChI is InChI=1S/C12H13N3O3/c1-17-12(16)8(13)7-18-11-6-14-9-4-2-3-5-10(9)15-11/h2-6,8H,7,13H2,1H3. The fourth-order valence-electron chi connectivity index (χ4n) is 1.40. The summed E-state index contributed by atoms with van der Waals surface area (Å²) < 4.78 is 9.79. The number of nitrogens with two attached hydrogens (primary N) is 1. The molecule has 2 rings (SSSR count). The van der Waals surface area contributed by atoms with E-state index in [0.29, 0.717) is 5.88 Å². The van der Waals surface area contributed by atoms with Gasteiger partial charge in [-0.2, -0.15) is 0 Å². The maximum absolute atomic E-state index is 11.1. The summed E-state index contributed by atoms with van der Waals surface area (Å²) in [6.07, 6.45) is 1.49. The number of methoxy groups -OCH3 is 1. The van der Waals surface area contributed by atoms with Gasteiger partial charge in [0.1, 0.15) is 12.6 Å². The van der Waals surface area contributed by atoms with Gasteiger partial charge in [-0.15, -0.1) is 0 Å². The highest BCUT2D eigenvalue weighted by molar-refractivity contribution is 5.75. The first-order valence-electron chi connectivity index (χ1n) is 5.38. The van der Waals surface area contributed by atoms with Crippen LogP contribution in [0.4, 0.5) is 0 Å². The molecule has 6 heteroatoms. The van der Waals surface area contributed by atoms with Crippen LogP contribution >= 0.6 is 0 Å². The number of esters is 1. The average molecular weight is 247 g/mol. The molecule has 94 valence electrons. The van der Waals surface area contributed by atoms with Gasteiger partial charge in [0.2, 0.25) is 5.88 Å². The van der Waals surface area contributed by atoms with Crippen LogP contribution in [0.25, 0.3) is 11.0 Å². The molecule has 1 aromatic heterocycles. The summed E-state index contributed by atoms with van der Waals surface area (Å²) in [5.41, 5.74) is 7.04. The van der Waals surface area contributed by atoms with Crippen LogP contribution in [0.15, 0.2) is 30.5 Å². The summed E-state index contributed by atoms with van der Waals surface area (Å²) in [5.74, 6) is -0.197. The smallest absolute Gasteiger partial charge is 0.326 e. The minimum atomic E-state index is -0.830. The van der Waals surface area contributed by atoms with Gasteiger partial charge in [0.05, 0.1) is 24.3 Å². The zero-order valence-electron chi connectivity index (χ0n) is 9.87. The Morgan fingerprint density at radius 3 is 2.83 bits per heavy atom. The molecule has 0 spiro atoms. The Morgan fingerprint density at radius 1 is 1.39 bits per heavy atom. The van der Waals surface area contributed by atoms with Crippen molar-refractivity contribution < 1.29 is 14.3 Å². The second-order valence-corrected chi connectivity index (χ2v) is 3.64. The number of hydrogen-bond donors (Lipinski definition) is 1. The van der Waals surface area contributed by atoms with Gasteiger partial charge >= 0.3 is 5.97 Å². The third-order valence-electron chi connectivity index (χ3n) is 2.34. The van der Waals surface area contributed by atoms with Gasteiger partial charge < -0.3 is 15.2 Å². The van der Waals surface area contributed by atoms with Crippen molar-refractivity contribution in [3.8, 4) is 5.88 Å². The lowest BCUT2D eigenvalue weighted by Gasteiger charge is -2.10. The summed E-state index contributed by atoms with van der Waals surface area (Å²) in [6, 6.07) is 6.59. The van der Waals surface area contributed by atoms with Gasteiger partial charge in [-0.1, -0.05) is 12.1 Å². The number of rotatable bonds is 4. The van der Waals surface area contributed by atoms with E-state index in [1.165, 1.54) is 13.3 Å². The predicted octanol–water partition coefficient (Wildman–Crippen LogP) is 0.509. The number of benzene rings is 1. The maximum Gasteiger partial charge on any atom is 0.326 e. The summed E-state index contributed by atoms with van der Waals surface area (Å²) in [6.45, 7) is -0.000304. The molecular weight excluding hydrogens is 234 g/mol. The van der Waals surface area contributed by atoms with Crippen molar-refractivity contribution >= 4 is 17.0 Å². The molecule has 0 radical (unpaired) electrons. The molecule has 0 aliphatic rings. The van der Waals surface area contributed by atoms with Crippen molar-refractivity contribution in [3.05, 3.63) is 30.5 Å². The molecule has 6 nitrogen and oxygen atoms in total. The third kappa shape index (κ3) is 2.72. The van der Waals surface area contributed by atoms with Crippen molar-refractivity contribution in [3.63, 3.8) is 0 Å². The van der Waals surface area contributed by atoms with E-state index < -0.39 is 12.0 Å². The first kappa shape index (κ1) is 12.3. The van der Waals surface area contributed by atoms with E-state index in [1.807, 2.05) is 24.3 Å². The van der Waals surface area contributed by atoms with Crippen molar-refractivity contribution in [2.45, 2.75) is 6.04 Å².